The molecule has 27 heavy (non-hydrogen) atoms. The van der Waals surface area contributed by atoms with Crippen molar-refractivity contribution in [2.24, 2.45) is 5.73 Å². The standard InChI is InChI=1S/C21H21N5O/c22-20(27)19-15-18(16-7-3-1-4-8-16)23-21(24-19)26-13-11-25(12-14-26)17-9-5-2-6-10-17/h1-10,15H,11-14H2,(H2,22,27). The van der Waals surface area contributed by atoms with Gasteiger partial charge in [-0.1, -0.05) is 48.5 Å². The van der Waals surface area contributed by atoms with Crippen molar-refractivity contribution in [2.75, 3.05) is 36.0 Å². The molecule has 136 valence electrons. The SMILES string of the molecule is NC(=O)c1cc(-c2ccccc2)nc(N2CCN(c3ccccc3)CC2)n1. The minimum absolute atomic E-state index is 0.240. The Balaban J connectivity index is 1.58. The third-order valence-corrected chi connectivity index (χ3v) is 4.72. The highest BCUT2D eigenvalue weighted by molar-refractivity contribution is 5.92. The van der Waals surface area contributed by atoms with Gasteiger partial charge in [-0.05, 0) is 18.2 Å². The van der Waals surface area contributed by atoms with Gasteiger partial charge in [-0.3, -0.25) is 4.79 Å². The topological polar surface area (TPSA) is 75.4 Å². The van der Waals surface area contributed by atoms with E-state index in [4.69, 9.17) is 10.7 Å². The Morgan fingerprint density at radius 1 is 0.815 bits per heavy atom. The average molecular weight is 359 g/mol. The second-order valence-corrected chi connectivity index (χ2v) is 6.48. The maximum Gasteiger partial charge on any atom is 0.267 e. The van der Waals surface area contributed by atoms with Crippen LogP contribution in [0.25, 0.3) is 11.3 Å². The molecule has 0 saturated carbocycles. The van der Waals surface area contributed by atoms with Gasteiger partial charge in [0, 0.05) is 37.4 Å². The molecule has 0 spiro atoms. The lowest BCUT2D eigenvalue weighted by Crippen LogP contribution is -2.47. The van der Waals surface area contributed by atoms with Crippen LogP contribution >= 0.6 is 0 Å². The molecule has 1 saturated heterocycles. The first kappa shape index (κ1) is 17.0. The van der Waals surface area contributed by atoms with Crippen molar-refractivity contribution < 1.29 is 4.79 Å². The van der Waals surface area contributed by atoms with E-state index in [0.717, 1.165) is 31.7 Å². The molecule has 1 aromatic heterocycles. The zero-order chi connectivity index (χ0) is 18.6. The highest BCUT2D eigenvalue weighted by Gasteiger charge is 2.21. The first-order chi connectivity index (χ1) is 13.2. The number of piperazine rings is 1. The van der Waals surface area contributed by atoms with Crippen LogP contribution in [0.3, 0.4) is 0 Å². The highest BCUT2D eigenvalue weighted by atomic mass is 16.1. The fourth-order valence-corrected chi connectivity index (χ4v) is 3.26. The molecule has 0 atom stereocenters. The second kappa shape index (κ2) is 7.45. The molecule has 2 N–H and O–H groups in total. The molecular weight excluding hydrogens is 338 g/mol. The predicted octanol–water partition coefficient (Wildman–Crippen LogP) is 2.57. The molecule has 1 aliphatic rings. The van der Waals surface area contributed by atoms with Crippen LogP contribution in [0.5, 0.6) is 0 Å². The summed E-state index contributed by atoms with van der Waals surface area (Å²) in [5.74, 6) is 0.0108. The first-order valence-electron chi connectivity index (χ1n) is 9.00. The number of hydrogen-bond acceptors (Lipinski definition) is 5. The van der Waals surface area contributed by atoms with E-state index in [0.29, 0.717) is 11.6 Å². The van der Waals surface area contributed by atoms with Crippen LogP contribution in [0.1, 0.15) is 10.5 Å². The van der Waals surface area contributed by atoms with Crippen LogP contribution in [0.2, 0.25) is 0 Å². The summed E-state index contributed by atoms with van der Waals surface area (Å²) in [5.41, 5.74) is 8.60. The Hall–Kier alpha value is -3.41. The number of benzene rings is 2. The zero-order valence-corrected chi connectivity index (χ0v) is 15.0. The Bertz CT molecular complexity index is 922. The van der Waals surface area contributed by atoms with Gasteiger partial charge in [0.25, 0.3) is 5.91 Å². The normalized spacial score (nSPS) is 14.2. The van der Waals surface area contributed by atoms with E-state index in [1.807, 2.05) is 48.5 Å². The van der Waals surface area contributed by atoms with Gasteiger partial charge >= 0.3 is 0 Å². The molecule has 0 aliphatic carbocycles. The molecule has 6 nitrogen and oxygen atoms in total. The maximum atomic E-state index is 11.8. The summed E-state index contributed by atoms with van der Waals surface area (Å²) in [6.07, 6.45) is 0. The molecule has 1 aliphatic heterocycles. The summed E-state index contributed by atoms with van der Waals surface area (Å²) in [6.45, 7) is 3.31. The summed E-state index contributed by atoms with van der Waals surface area (Å²) in [4.78, 5) is 25.3. The van der Waals surface area contributed by atoms with E-state index in [1.165, 1.54) is 5.69 Å². The number of carbonyl (C=O) groups excluding carboxylic acids is 1. The summed E-state index contributed by atoms with van der Waals surface area (Å²) in [7, 11) is 0. The number of nitrogens with two attached hydrogens (primary N) is 1. The predicted molar refractivity (Wildman–Crippen MR) is 107 cm³/mol. The van der Waals surface area contributed by atoms with Crippen LogP contribution in [0.4, 0.5) is 11.6 Å². The molecule has 1 amide bonds. The second-order valence-electron chi connectivity index (χ2n) is 6.48. The molecule has 3 aromatic rings. The van der Waals surface area contributed by atoms with Crippen LogP contribution < -0.4 is 15.5 Å². The lowest BCUT2D eigenvalue weighted by Gasteiger charge is -2.36. The van der Waals surface area contributed by atoms with E-state index >= 15 is 0 Å². The number of rotatable bonds is 4. The smallest absolute Gasteiger partial charge is 0.267 e. The van der Waals surface area contributed by atoms with Gasteiger partial charge < -0.3 is 15.5 Å². The lowest BCUT2D eigenvalue weighted by molar-refractivity contribution is 0.0995. The van der Waals surface area contributed by atoms with Gasteiger partial charge in [0.1, 0.15) is 5.69 Å². The number of carbonyl (C=O) groups is 1. The number of amides is 1. The Labute approximate surface area is 158 Å². The highest BCUT2D eigenvalue weighted by Crippen LogP contribution is 2.22. The number of anilines is 2. The van der Waals surface area contributed by atoms with Crippen LogP contribution in [0, 0.1) is 0 Å². The Morgan fingerprint density at radius 2 is 1.41 bits per heavy atom. The van der Waals surface area contributed by atoms with E-state index in [2.05, 4.69) is 26.9 Å². The van der Waals surface area contributed by atoms with Crippen molar-refractivity contribution in [3.63, 3.8) is 0 Å². The Kier molecular flexibility index (Phi) is 4.70. The van der Waals surface area contributed by atoms with Gasteiger partial charge in [0.05, 0.1) is 5.69 Å². The largest absolute Gasteiger partial charge is 0.368 e. The van der Waals surface area contributed by atoms with Crippen molar-refractivity contribution in [1.82, 2.24) is 9.97 Å². The molecule has 0 unspecified atom stereocenters. The third kappa shape index (κ3) is 3.74. The van der Waals surface area contributed by atoms with Gasteiger partial charge in [0.2, 0.25) is 5.95 Å². The van der Waals surface area contributed by atoms with Gasteiger partial charge in [-0.15, -0.1) is 0 Å². The fourth-order valence-electron chi connectivity index (χ4n) is 3.26. The first-order valence-corrected chi connectivity index (χ1v) is 9.00. The van der Waals surface area contributed by atoms with Crippen LogP contribution in [0.15, 0.2) is 66.7 Å². The summed E-state index contributed by atoms with van der Waals surface area (Å²) in [5, 5.41) is 0. The molecule has 6 heteroatoms. The number of hydrogen-bond donors (Lipinski definition) is 1. The van der Waals surface area contributed by atoms with E-state index in [9.17, 15) is 4.79 Å². The van der Waals surface area contributed by atoms with Crippen molar-refractivity contribution >= 4 is 17.5 Å². The number of primary amides is 1. The summed E-state index contributed by atoms with van der Waals surface area (Å²) < 4.78 is 0. The number of nitrogens with zero attached hydrogens (tertiary/aromatic N) is 4. The van der Waals surface area contributed by atoms with Gasteiger partial charge in [-0.2, -0.15) is 0 Å². The molecule has 0 bridgehead atoms. The molecule has 0 radical (unpaired) electrons. The van der Waals surface area contributed by atoms with E-state index < -0.39 is 5.91 Å². The van der Waals surface area contributed by atoms with Gasteiger partial charge in [0.15, 0.2) is 0 Å². The van der Waals surface area contributed by atoms with Crippen LogP contribution in [-0.2, 0) is 0 Å². The quantitative estimate of drug-likeness (QED) is 0.775. The van der Waals surface area contributed by atoms with Gasteiger partial charge in [-0.25, -0.2) is 9.97 Å². The van der Waals surface area contributed by atoms with Crippen molar-refractivity contribution in [3.05, 3.63) is 72.4 Å². The molecule has 2 aromatic carbocycles. The summed E-state index contributed by atoms with van der Waals surface area (Å²) in [6, 6.07) is 21.8. The minimum atomic E-state index is -0.543. The third-order valence-electron chi connectivity index (χ3n) is 4.72. The average Bonchev–Trinajstić information content (AvgIpc) is 2.75. The van der Waals surface area contributed by atoms with E-state index in [1.54, 1.807) is 6.07 Å². The molecule has 1 fully saturated rings. The van der Waals surface area contributed by atoms with Crippen LogP contribution in [-0.4, -0.2) is 42.1 Å². The number of para-hydroxylation sites is 1. The molecule has 2 heterocycles. The summed E-state index contributed by atoms with van der Waals surface area (Å²) >= 11 is 0. The lowest BCUT2D eigenvalue weighted by atomic mass is 10.1. The van der Waals surface area contributed by atoms with Crippen molar-refractivity contribution in [1.29, 1.82) is 0 Å². The van der Waals surface area contributed by atoms with Crippen molar-refractivity contribution in [3.8, 4) is 11.3 Å². The number of aromatic nitrogens is 2. The maximum absolute atomic E-state index is 11.8. The molecule has 4 rings (SSSR count). The fraction of sp³-hybridized carbons (Fsp3) is 0.190. The molecular formula is C21H21N5O. The minimum Gasteiger partial charge on any atom is -0.368 e. The van der Waals surface area contributed by atoms with Crippen molar-refractivity contribution in [2.45, 2.75) is 0 Å². The zero-order valence-electron chi connectivity index (χ0n) is 15.0. The van der Waals surface area contributed by atoms with E-state index in [-0.39, 0.29) is 5.69 Å². The monoisotopic (exact) mass is 359 g/mol. The Morgan fingerprint density at radius 3 is 2.04 bits per heavy atom.